The molecule has 2 aromatic rings. The van der Waals surface area contributed by atoms with Gasteiger partial charge in [0.05, 0.1) is 20.3 Å². The van der Waals surface area contributed by atoms with E-state index in [1.54, 1.807) is 4.90 Å². The smallest absolute Gasteiger partial charge is 0.244 e. The first-order valence-corrected chi connectivity index (χ1v) is 9.99. The SMILES string of the molecule is COc1ccc(S(=O)(=O)N[C@@H](C)C(=O)N2CCc3ccccc32)c(OC)c1. The van der Waals surface area contributed by atoms with Crippen molar-refractivity contribution in [2.45, 2.75) is 24.3 Å². The number of ether oxygens (including phenoxy) is 2. The monoisotopic (exact) mass is 390 g/mol. The van der Waals surface area contributed by atoms with E-state index in [0.717, 1.165) is 17.7 Å². The summed E-state index contributed by atoms with van der Waals surface area (Å²) in [6.45, 7) is 2.08. The maximum Gasteiger partial charge on any atom is 0.244 e. The number of hydrogen-bond donors (Lipinski definition) is 1. The highest BCUT2D eigenvalue weighted by Crippen LogP contribution is 2.30. The normalized spacial score (nSPS) is 14.6. The molecule has 0 radical (unpaired) electrons. The second kappa shape index (κ2) is 7.58. The van der Waals surface area contributed by atoms with Crippen LogP contribution in [0.4, 0.5) is 5.69 Å². The highest BCUT2D eigenvalue weighted by Gasteiger charge is 2.31. The summed E-state index contributed by atoms with van der Waals surface area (Å²) in [6, 6.07) is 11.1. The predicted molar refractivity (Wildman–Crippen MR) is 102 cm³/mol. The molecular formula is C19H22N2O5S. The average Bonchev–Trinajstić information content (AvgIpc) is 3.10. The predicted octanol–water partition coefficient (Wildman–Crippen LogP) is 1.96. The molecule has 0 saturated carbocycles. The molecule has 0 aliphatic carbocycles. The third kappa shape index (κ3) is 3.77. The van der Waals surface area contributed by atoms with E-state index in [2.05, 4.69) is 4.72 Å². The van der Waals surface area contributed by atoms with Gasteiger partial charge in [0.25, 0.3) is 0 Å². The minimum atomic E-state index is -3.96. The van der Waals surface area contributed by atoms with Crippen molar-refractivity contribution in [3.05, 3.63) is 48.0 Å². The molecule has 1 aliphatic heterocycles. The molecule has 1 aliphatic rings. The second-order valence-electron chi connectivity index (χ2n) is 6.23. The fourth-order valence-electron chi connectivity index (χ4n) is 3.14. The minimum absolute atomic E-state index is 0.0488. The second-order valence-corrected chi connectivity index (χ2v) is 7.91. The Labute approximate surface area is 158 Å². The van der Waals surface area contributed by atoms with Crippen LogP contribution in [0.1, 0.15) is 12.5 Å². The number of hydrogen-bond acceptors (Lipinski definition) is 5. The summed E-state index contributed by atoms with van der Waals surface area (Å²) in [4.78, 5) is 14.4. The van der Waals surface area contributed by atoms with E-state index in [0.29, 0.717) is 12.3 Å². The summed E-state index contributed by atoms with van der Waals surface area (Å²) in [5.41, 5.74) is 1.91. The largest absolute Gasteiger partial charge is 0.497 e. The Balaban J connectivity index is 1.81. The first-order valence-electron chi connectivity index (χ1n) is 8.51. The van der Waals surface area contributed by atoms with Crippen LogP contribution in [0.5, 0.6) is 11.5 Å². The summed E-state index contributed by atoms with van der Waals surface area (Å²) in [5.74, 6) is 0.326. The number of para-hydroxylation sites is 1. The molecule has 0 saturated heterocycles. The number of rotatable bonds is 6. The van der Waals surface area contributed by atoms with Crippen molar-refractivity contribution in [1.82, 2.24) is 4.72 Å². The first-order chi connectivity index (χ1) is 12.9. The lowest BCUT2D eigenvalue weighted by Crippen LogP contribution is -2.46. The first kappa shape index (κ1) is 19.2. The Bertz CT molecular complexity index is 958. The third-order valence-corrected chi connectivity index (χ3v) is 6.10. The van der Waals surface area contributed by atoms with E-state index < -0.39 is 16.1 Å². The summed E-state index contributed by atoms with van der Waals surface area (Å²) in [7, 11) is -1.10. The van der Waals surface area contributed by atoms with Crippen molar-refractivity contribution >= 4 is 21.6 Å². The van der Waals surface area contributed by atoms with Gasteiger partial charge in [-0.3, -0.25) is 4.79 Å². The standard InChI is InChI=1S/C19H22N2O5S/c1-13(19(22)21-11-10-14-6-4-5-7-16(14)21)20-27(23,24)18-9-8-15(25-2)12-17(18)26-3/h4-9,12-13,20H,10-11H2,1-3H3/t13-/m0/s1. The molecule has 27 heavy (non-hydrogen) atoms. The fraction of sp³-hybridized carbons (Fsp3) is 0.316. The summed E-state index contributed by atoms with van der Waals surface area (Å²) >= 11 is 0. The number of fused-ring (bicyclic) bond motifs is 1. The maximum absolute atomic E-state index is 12.8. The van der Waals surface area contributed by atoms with Gasteiger partial charge in [-0.25, -0.2) is 8.42 Å². The number of nitrogens with zero attached hydrogens (tertiary/aromatic N) is 1. The molecule has 7 nitrogen and oxygen atoms in total. The van der Waals surface area contributed by atoms with Crippen molar-refractivity contribution in [2.24, 2.45) is 0 Å². The number of benzene rings is 2. The molecule has 1 atom stereocenters. The van der Waals surface area contributed by atoms with E-state index in [9.17, 15) is 13.2 Å². The topological polar surface area (TPSA) is 84.9 Å². The van der Waals surface area contributed by atoms with E-state index in [-0.39, 0.29) is 16.6 Å². The Morgan fingerprint density at radius 2 is 1.89 bits per heavy atom. The highest BCUT2D eigenvalue weighted by atomic mass is 32.2. The van der Waals surface area contributed by atoms with Crippen molar-refractivity contribution < 1.29 is 22.7 Å². The lowest BCUT2D eigenvalue weighted by Gasteiger charge is -2.22. The number of carbonyl (C=O) groups excluding carboxylic acids is 1. The van der Waals surface area contributed by atoms with Gasteiger partial charge in [0.2, 0.25) is 15.9 Å². The van der Waals surface area contributed by atoms with E-state index in [1.165, 1.54) is 39.3 Å². The molecule has 0 unspecified atom stereocenters. The zero-order chi connectivity index (χ0) is 19.6. The average molecular weight is 390 g/mol. The van der Waals surface area contributed by atoms with Gasteiger partial charge in [0.1, 0.15) is 16.4 Å². The quantitative estimate of drug-likeness (QED) is 0.815. The van der Waals surface area contributed by atoms with Crippen molar-refractivity contribution in [1.29, 1.82) is 0 Å². The molecule has 0 bridgehead atoms. The molecule has 1 N–H and O–H groups in total. The Morgan fingerprint density at radius 3 is 2.59 bits per heavy atom. The van der Waals surface area contributed by atoms with Crippen molar-refractivity contribution in [3.8, 4) is 11.5 Å². The third-order valence-electron chi connectivity index (χ3n) is 4.52. The number of nitrogens with one attached hydrogen (secondary N) is 1. The van der Waals surface area contributed by atoms with Crippen LogP contribution in [0.2, 0.25) is 0 Å². The van der Waals surface area contributed by atoms with E-state index >= 15 is 0 Å². The Morgan fingerprint density at radius 1 is 1.15 bits per heavy atom. The Hall–Kier alpha value is -2.58. The van der Waals surface area contributed by atoms with Crippen LogP contribution in [0.15, 0.2) is 47.4 Å². The summed E-state index contributed by atoms with van der Waals surface area (Å²) in [6.07, 6.45) is 0.758. The van der Waals surface area contributed by atoms with Crippen LogP contribution in [-0.4, -0.2) is 41.1 Å². The van der Waals surface area contributed by atoms with Gasteiger partial charge < -0.3 is 14.4 Å². The van der Waals surface area contributed by atoms with Gasteiger partial charge in [-0.2, -0.15) is 4.72 Å². The van der Waals surface area contributed by atoms with Gasteiger partial charge in [-0.15, -0.1) is 0 Å². The molecule has 0 fully saturated rings. The number of carbonyl (C=O) groups is 1. The minimum Gasteiger partial charge on any atom is -0.497 e. The van der Waals surface area contributed by atoms with E-state index in [1.807, 2.05) is 24.3 Å². The summed E-state index contributed by atoms with van der Waals surface area (Å²) in [5, 5.41) is 0. The van der Waals surface area contributed by atoms with Crippen LogP contribution >= 0.6 is 0 Å². The lowest BCUT2D eigenvalue weighted by atomic mass is 10.2. The van der Waals surface area contributed by atoms with Crippen LogP contribution < -0.4 is 19.1 Å². The van der Waals surface area contributed by atoms with Gasteiger partial charge in [-0.1, -0.05) is 18.2 Å². The van der Waals surface area contributed by atoms with E-state index in [4.69, 9.17) is 9.47 Å². The van der Waals surface area contributed by atoms with Gasteiger partial charge in [0.15, 0.2) is 0 Å². The van der Waals surface area contributed by atoms with Gasteiger partial charge >= 0.3 is 0 Å². The number of methoxy groups -OCH3 is 2. The molecule has 144 valence electrons. The van der Waals surface area contributed by atoms with Crippen LogP contribution in [0, 0.1) is 0 Å². The van der Waals surface area contributed by atoms with Crippen molar-refractivity contribution in [2.75, 3.05) is 25.7 Å². The highest BCUT2D eigenvalue weighted by molar-refractivity contribution is 7.89. The fourth-order valence-corrected chi connectivity index (χ4v) is 4.49. The molecule has 0 aromatic heterocycles. The molecular weight excluding hydrogens is 368 g/mol. The molecule has 1 amide bonds. The number of sulfonamides is 1. The van der Waals surface area contributed by atoms with Gasteiger partial charge in [0, 0.05) is 18.3 Å². The molecule has 2 aromatic carbocycles. The lowest BCUT2D eigenvalue weighted by molar-refractivity contribution is -0.119. The number of anilines is 1. The van der Waals surface area contributed by atoms with Gasteiger partial charge in [-0.05, 0) is 37.1 Å². The van der Waals surface area contributed by atoms with Crippen LogP contribution in [-0.2, 0) is 21.2 Å². The zero-order valence-electron chi connectivity index (χ0n) is 15.4. The van der Waals surface area contributed by atoms with Crippen LogP contribution in [0.3, 0.4) is 0 Å². The summed E-state index contributed by atoms with van der Waals surface area (Å²) < 4.78 is 38.3. The molecule has 0 spiro atoms. The molecule has 1 heterocycles. The zero-order valence-corrected chi connectivity index (χ0v) is 16.2. The maximum atomic E-state index is 12.8. The number of amides is 1. The molecule has 3 rings (SSSR count). The molecule has 8 heteroatoms. The van der Waals surface area contributed by atoms with Crippen molar-refractivity contribution in [3.63, 3.8) is 0 Å². The Kier molecular flexibility index (Phi) is 5.38. The van der Waals surface area contributed by atoms with Crippen LogP contribution in [0.25, 0.3) is 0 Å².